The minimum atomic E-state index is -0.147. The molecule has 0 aliphatic carbocycles. The first-order valence-electron chi connectivity index (χ1n) is 9.65. The summed E-state index contributed by atoms with van der Waals surface area (Å²) in [4.78, 5) is 19.3. The molecule has 0 radical (unpaired) electrons. The number of benzene rings is 1. The van der Waals surface area contributed by atoms with E-state index in [1.54, 1.807) is 12.1 Å². The maximum Gasteiger partial charge on any atom is 0.257 e. The molecule has 0 aromatic heterocycles. The molecular formula is C20H34N4OS. The second-order valence-corrected chi connectivity index (χ2v) is 6.55. The van der Waals surface area contributed by atoms with Gasteiger partial charge in [-0.25, -0.2) is 0 Å². The van der Waals surface area contributed by atoms with Crippen molar-refractivity contribution >= 4 is 23.2 Å². The third-order valence-corrected chi connectivity index (χ3v) is 5.07. The number of amides is 1. The molecule has 0 spiro atoms. The summed E-state index contributed by atoms with van der Waals surface area (Å²) in [5.74, 6) is -0.147. The molecule has 1 N–H and O–H groups in total. The number of rotatable bonds is 11. The van der Waals surface area contributed by atoms with Gasteiger partial charge in [0.05, 0.1) is 0 Å². The van der Waals surface area contributed by atoms with E-state index in [1.165, 1.54) is 0 Å². The number of carbonyl (C=O) groups excluding carboxylic acids is 1. The van der Waals surface area contributed by atoms with E-state index in [2.05, 4.69) is 47.7 Å². The van der Waals surface area contributed by atoms with Crippen molar-refractivity contribution in [2.75, 3.05) is 52.4 Å². The lowest BCUT2D eigenvalue weighted by Crippen LogP contribution is -2.48. The van der Waals surface area contributed by atoms with Crippen molar-refractivity contribution in [1.82, 2.24) is 20.0 Å². The normalized spacial score (nSPS) is 11.0. The molecule has 146 valence electrons. The molecule has 0 fully saturated rings. The van der Waals surface area contributed by atoms with Crippen LogP contribution >= 0.6 is 12.2 Å². The molecule has 0 atom stereocenters. The Labute approximate surface area is 164 Å². The second-order valence-electron chi connectivity index (χ2n) is 6.17. The van der Waals surface area contributed by atoms with Crippen LogP contribution in [0.3, 0.4) is 0 Å². The largest absolute Gasteiger partial charge is 0.346 e. The molecular weight excluding hydrogens is 344 g/mol. The van der Waals surface area contributed by atoms with Crippen LogP contribution in [0.15, 0.2) is 30.3 Å². The standard InChI is InChI=1S/C20H34N4OS/c1-5-22(6-2)14-16-24(17-15-23(7-3)8-4)20(26)21-19(25)18-12-10-9-11-13-18/h9-13H,5-8,14-17H2,1-4H3,(H,21,25,26). The van der Waals surface area contributed by atoms with Crippen molar-refractivity contribution < 1.29 is 4.79 Å². The van der Waals surface area contributed by atoms with Crippen LogP contribution in [0.2, 0.25) is 0 Å². The zero-order chi connectivity index (χ0) is 19.4. The van der Waals surface area contributed by atoms with Crippen LogP contribution in [0.25, 0.3) is 0 Å². The van der Waals surface area contributed by atoms with E-state index < -0.39 is 0 Å². The Hall–Kier alpha value is -1.50. The molecule has 26 heavy (non-hydrogen) atoms. The van der Waals surface area contributed by atoms with Crippen molar-refractivity contribution in [2.45, 2.75) is 27.7 Å². The Balaban J connectivity index is 2.71. The third-order valence-electron chi connectivity index (χ3n) is 4.70. The number of thiocarbonyl (C=S) groups is 1. The van der Waals surface area contributed by atoms with Gasteiger partial charge in [0.25, 0.3) is 5.91 Å². The molecule has 0 bridgehead atoms. The van der Waals surface area contributed by atoms with Gasteiger partial charge in [-0.2, -0.15) is 0 Å². The summed E-state index contributed by atoms with van der Waals surface area (Å²) >= 11 is 5.56. The van der Waals surface area contributed by atoms with Crippen LogP contribution in [0.1, 0.15) is 38.1 Å². The zero-order valence-electron chi connectivity index (χ0n) is 16.7. The minimum Gasteiger partial charge on any atom is -0.346 e. The highest BCUT2D eigenvalue weighted by molar-refractivity contribution is 7.80. The monoisotopic (exact) mass is 378 g/mol. The van der Waals surface area contributed by atoms with Crippen LogP contribution in [-0.2, 0) is 0 Å². The van der Waals surface area contributed by atoms with Gasteiger partial charge >= 0.3 is 0 Å². The van der Waals surface area contributed by atoms with E-state index in [0.29, 0.717) is 10.7 Å². The Kier molecular flexibility index (Phi) is 11.1. The van der Waals surface area contributed by atoms with Gasteiger partial charge in [0, 0.05) is 31.7 Å². The van der Waals surface area contributed by atoms with Crippen LogP contribution < -0.4 is 5.32 Å². The number of hydrogen-bond donors (Lipinski definition) is 1. The van der Waals surface area contributed by atoms with E-state index >= 15 is 0 Å². The minimum absolute atomic E-state index is 0.147. The quantitative estimate of drug-likeness (QED) is 0.600. The highest BCUT2D eigenvalue weighted by Gasteiger charge is 2.15. The summed E-state index contributed by atoms with van der Waals surface area (Å²) in [6.45, 7) is 16.2. The van der Waals surface area contributed by atoms with Gasteiger partial charge in [-0.05, 0) is 50.5 Å². The highest BCUT2D eigenvalue weighted by atomic mass is 32.1. The van der Waals surface area contributed by atoms with Gasteiger partial charge in [0.2, 0.25) is 0 Å². The van der Waals surface area contributed by atoms with Crippen molar-refractivity contribution in [1.29, 1.82) is 0 Å². The summed E-state index contributed by atoms with van der Waals surface area (Å²) in [6, 6.07) is 9.21. The molecule has 0 aliphatic heterocycles. The maximum atomic E-state index is 12.4. The number of hydrogen-bond acceptors (Lipinski definition) is 4. The number of carbonyl (C=O) groups is 1. The molecule has 5 nitrogen and oxygen atoms in total. The zero-order valence-corrected chi connectivity index (χ0v) is 17.5. The third kappa shape index (κ3) is 7.81. The number of nitrogens with zero attached hydrogens (tertiary/aromatic N) is 3. The molecule has 0 saturated heterocycles. The van der Waals surface area contributed by atoms with Crippen LogP contribution in [-0.4, -0.2) is 78.1 Å². The molecule has 0 saturated carbocycles. The lowest BCUT2D eigenvalue weighted by molar-refractivity contribution is 0.0972. The summed E-state index contributed by atoms with van der Waals surface area (Å²) in [6.07, 6.45) is 0. The highest BCUT2D eigenvalue weighted by Crippen LogP contribution is 2.01. The number of nitrogens with one attached hydrogen (secondary N) is 1. The van der Waals surface area contributed by atoms with Gasteiger partial charge in [0.1, 0.15) is 0 Å². The van der Waals surface area contributed by atoms with E-state index in [0.717, 1.165) is 52.4 Å². The Morgan fingerprint density at radius 1 is 0.846 bits per heavy atom. The first-order chi connectivity index (χ1) is 12.5. The molecule has 0 heterocycles. The molecule has 1 aromatic carbocycles. The molecule has 1 aromatic rings. The first-order valence-corrected chi connectivity index (χ1v) is 10.1. The van der Waals surface area contributed by atoms with Crippen molar-refractivity contribution in [2.24, 2.45) is 0 Å². The van der Waals surface area contributed by atoms with E-state index in [9.17, 15) is 4.79 Å². The maximum absolute atomic E-state index is 12.4. The molecule has 0 aliphatic rings. The molecule has 0 unspecified atom stereocenters. The van der Waals surface area contributed by atoms with Gasteiger partial charge in [0.15, 0.2) is 5.11 Å². The summed E-state index contributed by atoms with van der Waals surface area (Å²) in [7, 11) is 0. The fourth-order valence-corrected chi connectivity index (χ4v) is 3.03. The molecule has 6 heteroatoms. The van der Waals surface area contributed by atoms with Crippen molar-refractivity contribution in [3.8, 4) is 0 Å². The summed E-state index contributed by atoms with van der Waals surface area (Å²) in [5.41, 5.74) is 0.627. The lowest BCUT2D eigenvalue weighted by Gasteiger charge is -2.30. The van der Waals surface area contributed by atoms with Crippen molar-refractivity contribution in [3.63, 3.8) is 0 Å². The Morgan fingerprint density at radius 3 is 1.73 bits per heavy atom. The fraction of sp³-hybridized carbons (Fsp3) is 0.600. The van der Waals surface area contributed by atoms with Gasteiger partial charge in [-0.3, -0.25) is 10.1 Å². The predicted molar refractivity (Wildman–Crippen MR) is 114 cm³/mol. The summed E-state index contributed by atoms with van der Waals surface area (Å²) in [5, 5.41) is 3.41. The second kappa shape index (κ2) is 12.8. The lowest BCUT2D eigenvalue weighted by atomic mass is 10.2. The summed E-state index contributed by atoms with van der Waals surface area (Å²) < 4.78 is 0. The van der Waals surface area contributed by atoms with E-state index in [1.807, 2.05) is 18.2 Å². The smallest absolute Gasteiger partial charge is 0.257 e. The van der Waals surface area contributed by atoms with Crippen LogP contribution in [0.5, 0.6) is 0 Å². The Bertz CT molecular complexity index is 514. The van der Waals surface area contributed by atoms with Crippen LogP contribution in [0.4, 0.5) is 0 Å². The average molecular weight is 379 g/mol. The van der Waals surface area contributed by atoms with Gasteiger partial charge in [-0.1, -0.05) is 45.9 Å². The SMILES string of the molecule is CCN(CC)CCN(CCN(CC)CC)C(=S)NC(=O)c1ccccc1. The number of likely N-dealkylation sites (N-methyl/N-ethyl adjacent to an activating group) is 2. The van der Waals surface area contributed by atoms with Crippen LogP contribution in [0, 0.1) is 0 Å². The van der Waals surface area contributed by atoms with Crippen molar-refractivity contribution in [3.05, 3.63) is 35.9 Å². The van der Waals surface area contributed by atoms with E-state index in [4.69, 9.17) is 12.2 Å². The van der Waals surface area contributed by atoms with E-state index in [-0.39, 0.29) is 5.91 Å². The first kappa shape index (κ1) is 22.5. The topological polar surface area (TPSA) is 38.8 Å². The fourth-order valence-electron chi connectivity index (χ4n) is 2.76. The Morgan fingerprint density at radius 2 is 1.31 bits per heavy atom. The molecule has 1 amide bonds. The average Bonchev–Trinajstić information content (AvgIpc) is 2.68. The van der Waals surface area contributed by atoms with Gasteiger partial charge in [-0.15, -0.1) is 0 Å². The van der Waals surface area contributed by atoms with Gasteiger partial charge < -0.3 is 14.7 Å². The predicted octanol–water partition coefficient (Wildman–Crippen LogP) is 2.69. The molecule has 1 rings (SSSR count).